The Morgan fingerprint density at radius 1 is 1.12 bits per heavy atom. The van der Waals surface area contributed by atoms with Crippen LogP contribution < -0.4 is 5.32 Å². The summed E-state index contributed by atoms with van der Waals surface area (Å²) in [6, 6.07) is 8.00. The van der Waals surface area contributed by atoms with Gasteiger partial charge in [-0.05, 0) is 31.4 Å². The van der Waals surface area contributed by atoms with Crippen molar-refractivity contribution in [2.45, 2.75) is 39.0 Å². The van der Waals surface area contributed by atoms with E-state index >= 15 is 0 Å². The predicted octanol–water partition coefficient (Wildman–Crippen LogP) is 1.39. The summed E-state index contributed by atoms with van der Waals surface area (Å²) in [7, 11) is 0. The third kappa shape index (κ3) is 3.87. The van der Waals surface area contributed by atoms with Crippen molar-refractivity contribution in [1.29, 1.82) is 0 Å². The molecule has 0 bridgehead atoms. The number of urea groups is 1. The molecular weight excluding hydrogens is 306 g/mol. The molecule has 3 rings (SSSR count). The van der Waals surface area contributed by atoms with Gasteiger partial charge >= 0.3 is 6.03 Å². The van der Waals surface area contributed by atoms with E-state index in [1.165, 1.54) is 11.1 Å². The van der Waals surface area contributed by atoms with Gasteiger partial charge in [-0.2, -0.15) is 0 Å². The summed E-state index contributed by atoms with van der Waals surface area (Å²) in [6.07, 6.45) is 0.913. The summed E-state index contributed by atoms with van der Waals surface area (Å²) in [4.78, 5) is 28.2. The number of carbonyl (C=O) groups excluding carboxylic acids is 2. The van der Waals surface area contributed by atoms with Gasteiger partial charge in [-0.3, -0.25) is 4.79 Å². The van der Waals surface area contributed by atoms with Crippen LogP contribution >= 0.6 is 0 Å². The molecule has 0 radical (unpaired) electrons. The van der Waals surface area contributed by atoms with Gasteiger partial charge in [0.15, 0.2) is 0 Å². The number of ether oxygens (including phenoxy) is 1. The molecule has 0 saturated carbocycles. The minimum atomic E-state index is -0.192. The molecule has 0 aliphatic carbocycles. The Bertz CT molecular complexity index is 609. The van der Waals surface area contributed by atoms with Gasteiger partial charge in [-0.15, -0.1) is 0 Å². The molecule has 0 spiro atoms. The predicted molar refractivity (Wildman–Crippen MR) is 90.5 cm³/mol. The number of fused-ring (bicyclic) bond motifs is 1. The number of carbonyl (C=O) groups is 2. The van der Waals surface area contributed by atoms with Crippen LogP contribution in [-0.2, 0) is 22.5 Å². The number of morpholine rings is 1. The third-order valence-electron chi connectivity index (χ3n) is 4.58. The lowest BCUT2D eigenvalue weighted by Crippen LogP contribution is -2.53. The van der Waals surface area contributed by atoms with Crippen LogP contribution in [0.4, 0.5) is 4.79 Å². The first-order chi connectivity index (χ1) is 11.5. The van der Waals surface area contributed by atoms with Gasteiger partial charge in [0.2, 0.25) is 5.91 Å². The lowest BCUT2D eigenvalue weighted by atomic mass is 10.00. The highest BCUT2D eigenvalue weighted by atomic mass is 16.5. The van der Waals surface area contributed by atoms with E-state index < -0.39 is 0 Å². The maximum absolute atomic E-state index is 12.4. The maximum Gasteiger partial charge on any atom is 0.318 e. The number of hydrogen-bond acceptors (Lipinski definition) is 3. The molecular formula is C18H25N3O3. The molecule has 2 heterocycles. The molecule has 24 heavy (non-hydrogen) atoms. The van der Waals surface area contributed by atoms with E-state index in [0.717, 1.165) is 6.42 Å². The van der Waals surface area contributed by atoms with Gasteiger partial charge in [0.25, 0.3) is 0 Å². The van der Waals surface area contributed by atoms with Crippen molar-refractivity contribution >= 4 is 11.9 Å². The van der Waals surface area contributed by atoms with Gasteiger partial charge in [-0.1, -0.05) is 24.3 Å². The van der Waals surface area contributed by atoms with Crippen molar-refractivity contribution in [3.8, 4) is 0 Å². The van der Waals surface area contributed by atoms with E-state index in [-0.39, 0.29) is 30.7 Å². The van der Waals surface area contributed by atoms with Crippen molar-refractivity contribution in [2.75, 3.05) is 26.2 Å². The Labute approximate surface area is 142 Å². The average molecular weight is 331 g/mol. The Hall–Kier alpha value is -2.08. The van der Waals surface area contributed by atoms with E-state index in [9.17, 15) is 9.59 Å². The Morgan fingerprint density at radius 2 is 1.79 bits per heavy atom. The van der Waals surface area contributed by atoms with Crippen LogP contribution in [0.1, 0.15) is 25.0 Å². The molecule has 2 aliphatic rings. The van der Waals surface area contributed by atoms with Crippen LogP contribution in [0.5, 0.6) is 0 Å². The summed E-state index contributed by atoms with van der Waals surface area (Å²) in [5.41, 5.74) is 2.50. The van der Waals surface area contributed by atoms with E-state index in [2.05, 4.69) is 17.4 Å². The monoisotopic (exact) mass is 331 g/mol. The summed E-state index contributed by atoms with van der Waals surface area (Å²) >= 11 is 0. The van der Waals surface area contributed by atoms with Gasteiger partial charge in [0.1, 0.15) is 0 Å². The van der Waals surface area contributed by atoms with Crippen LogP contribution in [0.3, 0.4) is 0 Å². The molecule has 3 amide bonds. The maximum atomic E-state index is 12.4. The first kappa shape index (κ1) is 16.8. The van der Waals surface area contributed by atoms with Crippen molar-refractivity contribution in [2.24, 2.45) is 0 Å². The smallest absolute Gasteiger partial charge is 0.318 e. The summed E-state index contributed by atoms with van der Waals surface area (Å²) < 4.78 is 5.62. The summed E-state index contributed by atoms with van der Waals surface area (Å²) in [5.74, 6) is -0.0350. The van der Waals surface area contributed by atoms with Crippen molar-refractivity contribution in [3.63, 3.8) is 0 Å². The SMILES string of the molecule is CC1CN(C(=O)NCC(=O)N2CCc3ccccc3C2)CC(C)O1. The Morgan fingerprint density at radius 3 is 2.50 bits per heavy atom. The number of nitrogens with zero attached hydrogens (tertiary/aromatic N) is 2. The molecule has 0 aromatic heterocycles. The first-order valence-corrected chi connectivity index (χ1v) is 8.55. The van der Waals surface area contributed by atoms with E-state index in [1.54, 1.807) is 4.90 Å². The Kier molecular flexibility index (Phi) is 5.04. The molecule has 2 aliphatic heterocycles. The van der Waals surface area contributed by atoms with E-state index in [0.29, 0.717) is 26.2 Å². The minimum Gasteiger partial charge on any atom is -0.372 e. The average Bonchev–Trinajstić information content (AvgIpc) is 2.58. The van der Waals surface area contributed by atoms with Crippen molar-refractivity contribution in [3.05, 3.63) is 35.4 Å². The molecule has 1 N–H and O–H groups in total. The second-order valence-electron chi connectivity index (χ2n) is 6.66. The largest absolute Gasteiger partial charge is 0.372 e. The molecule has 6 heteroatoms. The van der Waals surface area contributed by atoms with Crippen molar-refractivity contribution in [1.82, 2.24) is 15.1 Å². The van der Waals surface area contributed by atoms with Crippen LogP contribution in [0.2, 0.25) is 0 Å². The van der Waals surface area contributed by atoms with Crippen LogP contribution in [-0.4, -0.2) is 60.1 Å². The van der Waals surface area contributed by atoms with Crippen LogP contribution in [0.25, 0.3) is 0 Å². The highest BCUT2D eigenvalue weighted by Gasteiger charge is 2.27. The second kappa shape index (κ2) is 7.21. The molecule has 2 atom stereocenters. The highest BCUT2D eigenvalue weighted by molar-refractivity contribution is 5.84. The number of nitrogens with one attached hydrogen (secondary N) is 1. The normalized spacial score (nSPS) is 23.6. The first-order valence-electron chi connectivity index (χ1n) is 8.55. The lowest BCUT2D eigenvalue weighted by Gasteiger charge is -2.35. The zero-order valence-electron chi connectivity index (χ0n) is 14.3. The summed E-state index contributed by atoms with van der Waals surface area (Å²) in [5, 5.41) is 2.75. The van der Waals surface area contributed by atoms with Gasteiger partial charge in [0.05, 0.1) is 18.8 Å². The number of amides is 3. The molecule has 1 saturated heterocycles. The molecule has 130 valence electrons. The highest BCUT2D eigenvalue weighted by Crippen LogP contribution is 2.18. The second-order valence-corrected chi connectivity index (χ2v) is 6.66. The fourth-order valence-electron chi connectivity index (χ4n) is 3.43. The zero-order chi connectivity index (χ0) is 17.1. The van der Waals surface area contributed by atoms with E-state index in [1.807, 2.05) is 30.9 Å². The standard InChI is InChI=1S/C18H25N3O3/c1-13-10-21(11-14(2)24-13)18(23)19-9-17(22)20-8-7-15-5-3-4-6-16(15)12-20/h3-6,13-14H,7-12H2,1-2H3,(H,19,23). The molecule has 1 aromatic rings. The van der Waals surface area contributed by atoms with Gasteiger partial charge in [-0.25, -0.2) is 4.79 Å². The Balaban J connectivity index is 1.50. The van der Waals surface area contributed by atoms with Gasteiger partial charge < -0.3 is 19.9 Å². The lowest BCUT2D eigenvalue weighted by molar-refractivity contribution is -0.131. The molecule has 1 fully saturated rings. The quantitative estimate of drug-likeness (QED) is 0.891. The topological polar surface area (TPSA) is 61.9 Å². The van der Waals surface area contributed by atoms with E-state index in [4.69, 9.17) is 4.74 Å². The third-order valence-corrected chi connectivity index (χ3v) is 4.58. The number of hydrogen-bond donors (Lipinski definition) is 1. The minimum absolute atomic E-state index is 0.0220. The number of benzene rings is 1. The summed E-state index contributed by atoms with van der Waals surface area (Å²) in [6.45, 7) is 6.39. The number of rotatable bonds is 2. The zero-order valence-corrected chi connectivity index (χ0v) is 14.3. The van der Waals surface area contributed by atoms with Crippen molar-refractivity contribution < 1.29 is 14.3 Å². The van der Waals surface area contributed by atoms with Crippen LogP contribution in [0.15, 0.2) is 24.3 Å². The molecule has 2 unspecified atom stereocenters. The fraction of sp³-hybridized carbons (Fsp3) is 0.556. The van der Waals surface area contributed by atoms with Gasteiger partial charge in [0, 0.05) is 26.2 Å². The molecule has 1 aromatic carbocycles. The molecule has 6 nitrogen and oxygen atoms in total. The fourth-order valence-corrected chi connectivity index (χ4v) is 3.43. The van der Waals surface area contributed by atoms with Crippen LogP contribution in [0, 0.1) is 0 Å².